The first-order valence-corrected chi connectivity index (χ1v) is 6.95. The Morgan fingerprint density at radius 3 is 2.81 bits per heavy atom. The molecule has 1 heterocycles. The fourth-order valence-electron chi connectivity index (χ4n) is 2.12. The maximum atomic E-state index is 8.95. The number of nitrogens with one attached hydrogen (secondary N) is 1. The molecule has 2 aromatic rings. The lowest BCUT2D eigenvalue weighted by Gasteiger charge is -2.12. The first-order valence-electron chi connectivity index (χ1n) is 6.95. The van der Waals surface area contributed by atoms with E-state index in [-0.39, 0.29) is 0 Å². The van der Waals surface area contributed by atoms with Gasteiger partial charge in [-0.25, -0.2) is 4.98 Å². The summed E-state index contributed by atoms with van der Waals surface area (Å²) in [6.07, 6.45) is 2.27. The highest BCUT2D eigenvalue weighted by Gasteiger charge is 2.28. The third-order valence-electron chi connectivity index (χ3n) is 3.48. The molecular weight excluding hydrogens is 264 g/mol. The number of hydrogen-bond donors (Lipinski definition) is 1. The molecule has 106 valence electrons. The van der Waals surface area contributed by atoms with Crippen molar-refractivity contribution in [2.75, 3.05) is 12.4 Å². The predicted molar refractivity (Wildman–Crippen MR) is 79.5 cm³/mol. The van der Waals surface area contributed by atoms with E-state index in [9.17, 15) is 0 Å². The van der Waals surface area contributed by atoms with Crippen LogP contribution in [-0.4, -0.2) is 17.0 Å². The van der Waals surface area contributed by atoms with Gasteiger partial charge in [-0.3, -0.25) is 0 Å². The number of hydrogen-bond acceptors (Lipinski definition) is 5. The van der Waals surface area contributed by atoms with Crippen LogP contribution in [0.3, 0.4) is 0 Å². The van der Waals surface area contributed by atoms with Gasteiger partial charge in [-0.1, -0.05) is 6.07 Å². The van der Waals surface area contributed by atoms with Gasteiger partial charge in [-0.05, 0) is 38.0 Å². The number of nitriles is 1. The van der Waals surface area contributed by atoms with Crippen molar-refractivity contribution < 1.29 is 4.74 Å². The van der Waals surface area contributed by atoms with E-state index in [0.717, 1.165) is 30.0 Å². The number of benzene rings is 1. The lowest BCUT2D eigenvalue weighted by molar-refractivity contribution is 0.454. The molecule has 0 aliphatic heterocycles. The summed E-state index contributed by atoms with van der Waals surface area (Å²) in [5.74, 6) is 3.23. The molecular formula is C16H16N4O. The van der Waals surface area contributed by atoms with Gasteiger partial charge in [0.1, 0.15) is 17.4 Å². The molecule has 0 radical (unpaired) electrons. The second-order valence-corrected chi connectivity index (χ2v) is 5.13. The van der Waals surface area contributed by atoms with Crippen LogP contribution < -0.4 is 10.1 Å². The highest BCUT2D eigenvalue weighted by molar-refractivity contribution is 5.50. The van der Waals surface area contributed by atoms with Crippen molar-refractivity contribution in [3.8, 4) is 17.7 Å². The predicted octanol–water partition coefficient (Wildman–Crippen LogP) is 3.37. The number of aromatic nitrogens is 2. The van der Waals surface area contributed by atoms with E-state index in [0.29, 0.717) is 23.1 Å². The fourth-order valence-corrected chi connectivity index (χ4v) is 2.12. The van der Waals surface area contributed by atoms with Crippen molar-refractivity contribution in [3.05, 3.63) is 41.2 Å². The van der Waals surface area contributed by atoms with Crippen LogP contribution in [0.4, 0.5) is 5.82 Å². The van der Waals surface area contributed by atoms with Gasteiger partial charge in [-0.15, -0.1) is 0 Å². The lowest BCUT2D eigenvalue weighted by atomic mass is 10.2. The number of rotatable bonds is 4. The molecule has 3 rings (SSSR count). The molecule has 21 heavy (non-hydrogen) atoms. The Bertz CT molecular complexity index is 717. The Morgan fingerprint density at radius 1 is 1.33 bits per heavy atom. The third-order valence-corrected chi connectivity index (χ3v) is 3.48. The SMILES string of the molecule is CNc1nc(C2CC2)nc(Oc2cccc(C#N)c2)c1C. The molecule has 1 aliphatic carbocycles. The number of anilines is 1. The normalized spacial score (nSPS) is 13.6. The molecule has 1 N–H and O–H groups in total. The molecule has 5 nitrogen and oxygen atoms in total. The van der Waals surface area contributed by atoms with Crippen LogP contribution in [-0.2, 0) is 0 Å². The molecule has 0 unspecified atom stereocenters. The highest BCUT2D eigenvalue weighted by atomic mass is 16.5. The fraction of sp³-hybridized carbons (Fsp3) is 0.312. The van der Waals surface area contributed by atoms with E-state index in [1.165, 1.54) is 0 Å². The van der Waals surface area contributed by atoms with Crippen LogP contribution in [0.5, 0.6) is 11.6 Å². The minimum Gasteiger partial charge on any atom is -0.439 e. The molecule has 0 spiro atoms. The summed E-state index contributed by atoms with van der Waals surface area (Å²) in [5.41, 5.74) is 1.43. The van der Waals surface area contributed by atoms with Gasteiger partial charge in [0, 0.05) is 13.0 Å². The Labute approximate surface area is 123 Å². The molecule has 0 bridgehead atoms. The van der Waals surface area contributed by atoms with Crippen LogP contribution in [0.15, 0.2) is 24.3 Å². The average molecular weight is 280 g/mol. The molecule has 0 amide bonds. The van der Waals surface area contributed by atoms with Crippen molar-refractivity contribution in [3.63, 3.8) is 0 Å². The average Bonchev–Trinajstić information content (AvgIpc) is 3.34. The summed E-state index contributed by atoms with van der Waals surface area (Å²) in [7, 11) is 1.84. The molecule has 0 atom stereocenters. The van der Waals surface area contributed by atoms with E-state index in [1.54, 1.807) is 18.2 Å². The van der Waals surface area contributed by atoms with Gasteiger partial charge in [0.05, 0.1) is 17.2 Å². The largest absolute Gasteiger partial charge is 0.439 e. The van der Waals surface area contributed by atoms with E-state index in [2.05, 4.69) is 21.4 Å². The van der Waals surface area contributed by atoms with Crippen LogP contribution in [0.25, 0.3) is 0 Å². The summed E-state index contributed by atoms with van der Waals surface area (Å²) >= 11 is 0. The van der Waals surface area contributed by atoms with Gasteiger partial charge >= 0.3 is 0 Å². The maximum absolute atomic E-state index is 8.95. The molecule has 1 aromatic heterocycles. The highest BCUT2D eigenvalue weighted by Crippen LogP contribution is 2.40. The smallest absolute Gasteiger partial charge is 0.227 e. The number of nitrogens with zero attached hydrogens (tertiary/aromatic N) is 3. The Morgan fingerprint density at radius 2 is 2.14 bits per heavy atom. The van der Waals surface area contributed by atoms with Gasteiger partial charge in [0.25, 0.3) is 0 Å². The maximum Gasteiger partial charge on any atom is 0.227 e. The summed E-state index contributed by atoms with van der Waals surface area (Å²) in [5, 5.41) is 12.0. The molecule has 1 aliphatic rings. The van der Waals surface area contributed by atoms with Crippen molar-refractivity contribution in [1.29, 1.82) is 5.26 Å². The molecule has 0 saturated heterocycles. The van der Waals surface area contributed by atoms with Crippen molar-refractivity contribution in [2.45, 2.75) is 25.7 Å². The summed E-state index contributed by atoms with van der Waals surface area (Å²) in [4.78, 5) is 9.07. The van der Waals surface area contributed by atoms with E-state index in [1.807, 2.05) is 20.0 Å². The Balaban J connectivity index is 1.97. The monoisotopic (exact) mass is 280 g/mol. The second-order valence-electron chi connectivity index (χ2n) is 5.13. The number of ether oxygens (including phenoxy) is 1. The zero-order chi connectivity index (χ0) is 14.8. The van der Waals surface area contributed by atoms with Crippen LogP contribution in [0.1, 0.15) is 35.7 Å². The van der Waals surface area contributed by atoms with Crippen molar-refractivity contribution >= 4 is 5.82 Å². The molecule has 1 saturated carbocycles. The van der Waals surface area contributed by atoms with Gasteiger partial charge < -0.3 is 10.1 Å². The summed E-state index contributed by atoms with van der Waals surface area (Å²) < 4.78 is 5.87. The Hall–Kier alpha value is -2.61. The first kappa shape index (κ1) is 13.4. The third kappa shape index (κ3) is 2.79. The molecule has 5 heteroatoms. The van der Waals surface area contributed by atoms with Gasteiger partial charge in [0.15, 0.2) is 0 Å². The zero-order valence-electron chi connectivity index (χ0n) is 12.1. The minimum atomic E-state index is 0.450. The van der Waals surface area contributed by atoms with Crippen LogP contribution in [0.2, 0.25) is 0 Å². The Kier molecular flexibility index (Phi) is 3.44. The van der Waals surface area contributed by atoms with E-state index < -0.39 is 0 Å². The van der Waals surface area contributed by atoms with Crippen LogP contribution >= 0.6 is 0 Å². The zero-order valence-corrected chi connectivity index (χ0v) is 12.1. The van der Waals surface area contributed by atoms with Gasteiger partial charge in [-0.2, -0.15) is 10.2 Å². The van der Waals surface area contributed by atoms with E-state index >= 15 is 0 Å². The minimum absolute atomic E-state index is 0.450. The standard InChI is InChI=1S/C16H16N4O/c1-10-14(18-2)19-15(12-6-7-12)20-16(10)21-13-5-3-4-11(8-13)9-17/h3-5,8,12H,6-7H2,1-2H3,(H,18,19,20). The lowest BCUT2D eigenvalue weighted by Crippen LogP contribution is -2.04. The van der Waals surface area contributed by atoms with Crippen molar-refractivity contribution in [1.82, 2.24) is 9.97 Å². The second kappa shape index (κ2) is 5.41. The van der Waals surface area contributed by atoms with Crippen molar-refractivity contribution in [2.24, 2.45) is 0 Å². The first-order chi connectivity index (χ1) is 10.2. The topological polar surface area (TPSA) is 70.8 Å². The van der Waals surface area contributed by atoms with Gasteiger partial charge in [0.2, 0.25) is 5.88 Å². The van der Waals surface area contributed by atoms with Crippen LogP contribution in [0, 0.1) is 18.3 Å². The summed E-state index contributed by atoms with van der Waals surface area (Å²) in [6.45, 7) is 1.92. The quantitative estimate of drug-likeness (QED) is 0.929. The summed E-state index contributed by atoms with van der Waals surface area (Å²) in [6, 6.07) is 9.17. The molecule has 1 fully saturated rings. The molecule has 1 aromatic carbocycles. The van der Waals surface area contributed by atoms with E-state index in [4.69, 9.17) is 10.00 Å².